The Balaban J connectivity index is 2.08. The second kappa shape index (κ2) is 7.33. The van der Waals surface area contributed by atoms with E-state index in [1.54, 1.807) is 18.2 Å². The number of rotatable bonds is 4. The minimum absolute atomic E-state index is 0.139. The molecular formula is C21H15FN4O2S. The molecule has 0 saturated heterocycles. The number of fused-ring (bicyclic) bond motifs is 1. The highest BCUT2D eigenvalue weighted by atomic mass is 32.1. The molecule has 0 aliphatic heterocycles. The number of aromatic nitrogens is 1. The van der Waals surface area contributed by atoms with Crippen molar-refractivity contribution < 1.29 is 14.0 Å². The zero-order chi connectivity index (χ0) is 20.5. The number of benzene rings is 2. The van der Waals surface area contributed by atoms with Gasteiger partial charge in [0.05, 0.1) is 11.4 Å². The van der Waals surface area contributed by atoms with Gasteiger partial charge in [-0.15, -0.1) is 11.3 Å². The highest BCUT2D eigenvalue weighted by molar-refractivity contribution is 7.21. The van der Waals surface area contributed by atoms with Crippen LogP contribution in [0.15, 0.2) is 60.7 Å². The summed E-state index contributed by atoms with van der Waals surface area (Å²) in [5, 5.41) is 3.05. The van der Waals surface area contributed by atoms with Crippen LogP contribution in [-0.4, -0.2) is 16.9 Å². The first-order valence-electron chi connectivity index (χ1n) is 8.59. The summed E-state index contributed by atoms with van der Waals surface area (Å²) >= 11 is 1.05. The molecule has 0 spiro atoms. The molecule has 8 heteroatoms. The quantitative estimate of drug-likeness (QED) is 0.468. The lowest BCUT2D eigenvalue weighted by atomic mass is 9.99. The number of hydrogen-bond acceptors (Lipinski definition) is 4. The number of urea groups is 1. The maximum Gasteiger partial charge on any atom is 0.316 e. The molecule has 2 heterocycles. The van der Waals surface area contributed by atoms with Crippen molar-refractivity contribution in [2.24, 2.45) is 11.5 Å². The molecule has 4 rings (SSSR count). The van der Waals surface area contributed by atoms with Crippen LogP contribution in [0.2, 0.25) is 0 Å². The molecule has 5 N–H and O–H groups in total. The number of amides is 3. The van der Waals surface area contributed by atoms with Crippen molar-refractivity contribution >= 4 is 39.2 Å². The Hall–Kier alpha value is -3.78. The number of carbonyl (C=O) groups is 2. The molecule has 29 heavy (non-hydrogen) atoms. The van der Waals surface area contributed by atoms with Gasteiger partial charge in [-0.1, -0.05) is 42.5 Å². The molecule has 0 saturated carbocycles. The second-order valence-corrected chi connectivity index (χ2v) is 7.27. The molecule has 4 aromatic rings. The lowest BCUT2D eigenvalue weighted by Crippen LogP contribution is -2.21. The number of pyridine rings is 1. The standard InChI is InChI=1S/C21H15FN4O2S/c22-13-8-4-7-12(9-13)15-10-14(11-5-2-1-3-6-11)16-17(26-21(24)28)18(19(23)27)29-20(16)25-15/h1-10H,(H2,23,27)(H3,24,26,28). The third-order valence-electron chi connectivity index (χ3n) is 4.34. The van der Waals surface area contributed by atoms with Gasteiger partial charge in [-0.2, -0.15) is 0 Å². The molecule has 0 aliphatic rings. The van der Waals surface area contributed by atoms with Gasteiger partial charge in [0, 0.05) is 10.9 Å². The smallest absolute Gasteiger partial charge is 0.316 e. The Morgan fingerprint density at radius 3 is 2.34 bits per heavy atom. The van der Waals surface area contributed by atoms with Crippen molar-refractivity contribution in [3.8, 4) is 22.4 Å². The summed E-state index contributed by atoms with van der Waals surface area (Å²) in [5.74, 6) is -1.09. The van der Waals surface area contributed by atoms with Crippen LogP contribution in [0, 0.1) is 5.82 Å². The van der Waals surface area contributed by atoms with Crippen molar-refractivity contribution in [3.63, 3.8) is 0 Å². The molecule has 2 aromatic heterocycles. The first-order valence-corrected chi connectivity index (χ1v) is 9.41. The van der Waals surface area contributed by atoms with Crippen LogP contribution in [0.1, 0.15) is 9.67 Å². The molecule has 0 unspecified atom stereocenters. The normalized spacial score (nSPS) is 10.8. The maximum atomic E-state index is 13.8. The zero-order valence-electron chi connectivity index (χ0n) is 15.0. The minimum atomic E-state index is -0.819. The zero-order valence-corrected chi connectivity index (χ0v) is 15.8. The summed E-state index contributed by atoms with van der Waals surface area (Å²) in [5.41, 5.74) is 13.7. The van der Waals surface area contributed by atoms with Crippen molar-refractivity contribution in [2.45, 2.75) is 0 Å². The molecule has 2 aromatic carbocycles. The number of nitrogens with two attached hydrogens (primary N) is 2. The second-order valence-electron chi connectivity index (χ2n) is 6.27. The van der Waals surface area contributed by atoms with E-state index in [-0.39, 0.29) is 16.4 Å². The van der Waals surface area contributed by atoms with E-state index in [2.05, 4.69) is 10.3 Å². The predicted molar refractivity (Wildman–Crippen MR) is 112 cm³/mol. The third-order valence-corrected chi connectivity index (χ3v) is 5.44. The average Bonchev–Trinajstić information content (AvgIpc) is 3.06. The van der Waals surface area contributed by atoms with Gasteiger partial charge < -0.3 is 16.8 Å². The van der Waals surface area contributed by atoms with Crippen LogP contribution < -0.4 is 16.8 Å². The summed E-state index contributed by atoms with van der Waals surface area (Å²) in [6.07, 6.45) is 0. The fourth-order valence-corrected chi connectivity index (χ4v) is 4.16. The van der Waals surface area contributed by atoms with E-state index in [1.807, 2.05) is 30.3 Å². The topological polar surface area (TPSA) is 111 Å². The monoisotopic (exact) mass is 406 g/mol. The fraction of sp³-hybridized carbons (Fsp3) is 0. The molecule has 0 fully saturated rings. The molecule has 6 nitrogen and oxygen atoms in total. The summed E-state index contributed by atoms with van der Waals surface area (Å²) in [4.78, 5) is 28.8. The van der Waals surface area contributed by atoms with Crippen LogP contribution in [0.5, 0.6) is 0 Å². The Bertz CT molecular complexity index is 1250. The van der Waals surface area contributed by atoms with E-state index in [0.29, 0.717) is 27.0 Å². The highest BCUT2D eigenvalue weighted by Crippen LogP contribution is 2.42. The van der Waals surface area contributed by atoms with Gasteiger partial charge in [0.1, 0.15) is 15.5 Å². The van der Waals surface area contributed by atoms with Crippen molar-refractivity contribution in [3.05, 3.63) is 71.4 Å². The van der Waals surface area contributed by atoms with Gasteiger partial charge in [0.15, 0.2) is 0 Å². The summed E-state index contributed by atoms with van der Waals surface area (Å²) in [6, 6.07) is 16.4. The summed E-state index contributed by atoms with van der Waals surface area (Å²) < 4.78 is 13.8. The SMILES string of the molecule is NC(=O)Nc1c(C(N)=O)sc2nc(-c3cccc(F)c3)cc(-c3ccccc3)c12. The minimum Gasteiger partial charge on any atom is -0.365 e. The lowest BCUT2D eigenvalue weighted by molar-refractivity contribution is 0.100. The molecule has 0 aliphatic carbocycles. The first-order chi connectivity index (χ1) is 13.9. The molecule has 0 radical (unpaired) electrons. The van der Waals surface area contributed by atoms with E-state index in [4.69, 9.17) is 11.5 Å². The molecular weight excluding hydrogens is 391 g/mol. The van der Waals surface area contributed by atoms with E-state index in [0.717, 1.165) is 16.9 Å². The maximum absolute atomic E-state index is 13.8. The number of thiophene rings is 1. The van der Waals surface area contributed by atoms with Crippen molar-refractivity contribution in [1.29, 1.82) is 0 Å². The number of halogens is 1. The van der Waals surface area contributed by atoms with E-state index < -0.39 is 11.9 Å². The summed E-state index contributed by atoms with van der Waals surface area (Å²) in [6.45, 7) is 0. The number of hydrogen-bond donors (Lipinski definition) is 3. The Morgan fingerprint density at radius 2 is 1.69 bits per heavy atom. The number of carbonyl (C=O) groups excluding carboxylic acids is 2. The van der Waals surface area contributed by atoms with E-state index in [9.17, 15) is 14.0 Å². The average molecular weight is 406 g/mol. The lowest BCUT2D eigenvalue weighted by Gasteiger charge is -2.10. The number of primary amides is 2. The van der Waals surface area contributed by atoms with Gasteiger partial charge in [-0.25, -0.2) is 14.2 Å². The van der Waals surface area contributed by atoms with Crippen molar-refractivity contribution in [1.82, 2.24) is 4.98 Å². The predicted octanol–water partition coefficient (Wildman–Crippen LogP) is 4.36. The first kappa shape index (κ1) is 18.6. The molecule has 144 valence electrons. The van der Waals surface area contributed by atoms with Crippen LogP contribution >= 0.6 is 11.3 Å². The van der Waals surface area contributed by atoms with Crippen LogP contribution in [0.25, 0.3) is 32.6 Å². The van der Waals surface area contributed by atoms with Crippen LogP contribution in [0.4, 0.5) is 14.9 Å². The van der Waals surface area contributed by atoms with Crippen molar-refractivity contribution in [2.75, 3.05) is 5.32 Å². The van der Waals surface area contributed by atoms with E-state index in [1.165, 1.54) is 12.1 Å². The number of nitrogens with one attached hydrogen (secondary N) is 1. The Labute approximate surface area is 169 Å². The Morgan fingerprint density at radius 1 is 0.966 bits per heavy atom. The molecule has 3 amide bonds. The van der Waals surface area contributed by atoms with Gasteiger partial charge in [0.2, 0.25) is 0 Å². The largest absolute Gasteiger partial charge is 0.365 e. The van der Waals surface area contributed by atoms with Gasteiger partial charge >= 0.3 is 6.03 Å². The fourth-order valence-electron chi connectivity index (χ4n) is 3.16. The molecule has 0 atom stereocenters. The number of anilines is 1. The van der Waals surface area contributed by atoms with Crippen LogP contribution in [-0.2, 0) is 0 Å². The third kappa shape index (κ3) is 3.53. The Kier molecular flexibility index (Phi) is 4.69. The van der Waals surface area contributed by atoms with Gasteiger partial charge in [0.25, 0.3) is 5.91 Å². The van der Waals surface area contributed by atoms with E-state index >= 15 is 0 Å². The molecule has 0 bridgehead atoms. The highest BCUT2D eigenvalue weighted by Gasteiger charge is 2.23. The van der Waals surface area contributed by atoms with Gasteiger partial charge in [-0.3, -0.25) is 4.79 Å². The number of nitrogens with zero attached hydrogens (tertiary/aromatic N) is 1. The van der Waals surface area contributed by atoms with Crippen LogP contribution in [0.3, 0.4) is 0 Å². The summed E-state index contributed by atoms with van der Waals surface area (Å²) in [7, 11) is 0. The van der Waals surface area contributed by atoms with Gasteiger partial charge in [-0.05, 0) is 29.3 Å².